The summed E-state index contributed by atoms with van der Waals surface area (Å²) in [4.78, 5) is 11.2. The molecule has 46 heavy (non-hydrogen) atoms. The van der Waals surface area contributed by atoms with Gasteiger partial charge in [-0.15, -0.1) is 0 Å². The molecular formula is C42H32N4. The van der Waals surface area contributed by atoms with Gasteiger partial charge in [-0.1, -0.05) is 66.7 Å². The van der Waals surface area contributed by atoms with Gasteiger partial charge in [0.25, 0.3) is 0 Å². The zero-order valence-electron chi connectivity index (χ0n) is 25.8. The number of anilines is 3. The van der Waals surface area contributed by atoms with Gasteiger partial charge >= 0.3 is 0 Å². The molecule has 0 saturated carbocycles. The number of fused-ring (bicyclic) bond motifs is 3. The number of para-hydroxylation sites is 3. The van der Waals surface area contributed by atoms with Gasteiger partial charge in [0, 0.05) is 51.5 Å². The minimum Gasteiger partial charge on any atom is -0.310 e. The van der Waals surface area contributed by atoms with Crippen LogP contribution in [0.4, 0.5) is 17.1 Å². The highest BCUT2D eigenvalue weighted by molar-refractivity contribution is 6.10. The van der Waals surface area contributed by atoms with E-state index in [0.717, 1.165) is 34.1 Å². The van der Waals surface area contributed by atoms with Crippen LogP contribution in [0, 0.1) is 13.8 Å². The van der Waals surface area contributed by atoms with Gasteiger partial charge in [-0.2, -0.15) is 0 Å². The topological polar surface area (TPSA) is 34.0 Å². The fourth-order valence-corrected chi connectivity index (χ4v) is 6.75. The summed E-state index contributed by atoms with van der Waals surface area (Å²) in [6.45, 7) is 4.34. The Labute approximate surface area is 268 Å². The molecule has 0 atom stereocenters. The van der Waals surface area contributed by atoms with Gasteiger partial charge in [0.2, 0.25) is 0 Å². The summed E-state index contributed by atoms with van der Waals surface area (Å²) in [6, 6.07) is 51.8. The van der Waals surface area contributed by atoms with E-state index in [1.807, 2.05) is 6.07 Å². The minimum absolute atomic E-state index is 0.751. The number of hydrogen-bond acceptors (Lipinski definition) is 3. The van der Waals surface area contributed by atoms with E-state index in [1.165, 1.54) is 44.1 Å². The van der Waals surface area contributed by atoms with Crippen molar-refractivity contribution in [2.24, 2.45) is 0 Å². The molecule has 0 spiro atoms. The van der Waals surface area contributed by atoms with E-state index in [-0.39, 0.29) is 0 Å². The van der Waals surface area contributed by atoms with E-state index in [1.54, 1.807) is 12.4 Å². The molecule has 6 aromatic carbocycles. The Hall–Kier alpha value is -6.00. The molecule has 2 aromatic heterocycles. The van der Waals surface area contributed by atoms with Gasteiger partial charge in [-0.05, 0) is 115 Å². The largest absolute Gasteiger partial charge is 0.310 e. The van der Waals surface area contributed by atoms with Gasteiger partial charge in [0.15, 0.2) is 5.82 Å². The first-order valence-electron chi connectivity index (χ1n) is 15.6. The van der Waals surface area contributed by atoms with Gasteiger partial charge in [0.05, 0.1) is 11.0 Å². The highest BCUT2D eigenvalue weighted by Gasteiger charge is 2.17. The van der Waals surface area contributed by atoms with Crippen molar-refractivity contribution >= 4 is 38.9 Å². The van der Waals surface area contributed by atoms with Gasteiger partial charge in [-0.25, -0.2) is 9.97 Å². The van der Waals surface area contributed by atoms with Gasteiger partial charge in [-0.3, -0.25) is 0 Å². The van der Waals surface area contributed by atoms with E-state index in [2.05, 4.69) is 173 Å². The molecule has 220 valence electrons. The Morgan fingerprint density at radius 1 is 0.478 bits per heavy atom. The second kappa shape index (κ2) is 11.5. The third kappa shape index (κ3) is 4.81. The van der Waals surface area contributed by atoms with E-state index >= 15 is 0 Å². The van der Waals surface area contributed by atoms with Crippen molar-refractivity contribution in [1.82, 2.24) is 14.5 Å². The first-order valence-corrected chi connectivity index (χ1v) is 15.6. The van der Waals surface area contributed by atoms with E-state index in [9.17, 15) is 0 Å². The highest BCUT2D eigenvalue weighted by Crippen LogP contribution is 2.40. The molecule has 0 amide bonds. The van der Waals surface area contributed by atoms with E-state index in [4.69, 9.17) is 0 Å². The standard InChI is InChI=1S/C42H32N4/c1-29-26-32(42-43-24-11-25-44-42)27-30(2)41(29)31-18-20-35(21-19-31)46-39-17-10-9-16-37(39)38-28-36(22-23-40(38)46)45(33-12-5-3-6-13-33)34-14-7-4-8-15-34/h3-28H,1-2H3. The van der Waals surface area contributed by atoms with E-state index < -0.39 is 0 Å². The fourth-order valence-electron chi connectivity index (χ4n) is 6.75. The molecular weight excluding hydrogens is 560 g/mol. The molecule has 0 aliphatic heterocycles. The normalized spacial score (nSPS) is 11.3. The Kier molecular flexibility index (Phi) is 6.88. The molecule has 0 aliphatic rings. The van der Waals surface area contributed by atoms with Crippen LogP contribution in [0.25, 0.3) is 50.0 Å². The quantitative estimate of drug-likeness (QED) is 0.193. The molecule has 0 radical (unpaired) electrons. The summed E-state index contributed by atoms with van der Waals surface area (Å²) >= 11 is 0. The lowest BCUT2D eigenvalue weighted by molar-refractivity contribution is 1.17. The maximum absolute atomic E-state index is 4.45. The smallest absolute Gasteiger partial charge is 0.159 e. The Bertz CT molecular complexity index is 2240. The Morgan fingerprint density at radius 3 is 1.72 bits per heavy atom. The summed E-state index contributed by atoms with van der Waals surface area (Å²) in [5.41, 5.74) is 12.8. The molecule has 2 heterocycles. The SMILES string of the molecule is Cc1cc(-c2ncccn2)cc(C)c1-c1ccc(-n2c3ccccc3c3cc(N(c4ccccc4)c4ccccc4)ccc32)cc1. The molecule has 8 rings (SSSR count). The lowest BCUT2D eigenvalue weighted by Gasteiger charge is -2.25. The number of aromatic nitrogens is 3. The number of rotatable bonds is 6. The third-order valence-electron chi connectivity index (χ3n) is 8.71. The van der Waals surface area contributed by atoms with Crippen LogP contribution in [0.15, 0.2) is 158 Å². The van der Waals surface area contributed by atoms with Crippen LogP contribution in [0.1, 0.15) is 11.1 Å². The summed E-state index contributed by atoms with van der Waals surface area (Å²) in [7, 11) is 0. The fraction of sp³-hybridized carbons (Fsp3) is 0.0476. The van der Waals surface area contributed by atoms with Crippen molar-refractivity contribution in [3.05, 3.63) is 169 Å². The zero-order chi connectivity index (χ0) is 31.0. The Balaban J connectivity index is 1.22. The van der Waals surface area contributed by atoms with Gasteiger partial charge < -0.3 is 9.47 Å². The van der Waals surface area contributed by atoms with Crippen LogP contribution in [0.5, 0.6) is 0 Å². The predicted molar refractivity (Wildman–Crippen MR) is 191 cm³/mol. The van der Waals surface area contributed by atoms with E-state index in [0.29, 0.717) is 0 Å². The number of nitrogens with zero attached hydrogens (tertiary/aromatic N) is 4. The second-order valence-electron chi connectivity index (χ2n) is 11.7. The van der Waals surface area contributed by atoms with Crippen LogP contribution in [-0.2, 0) is 0 Å². The van der Waals surface area contributed by atoms with Crippen molar-refractivity contribution in [2.75, 3.05) is 4.90 Å². The molecule has 4 nitrogen and oxygen atoms in total. The van der Waals surface area contributed by atoms with Gasteiger partial charge in [0.1, 0.15) is 0 Å². The molecule has 0 N–H and O–H groups in total. The maximum atomic E-state index is 4.45. The Morgan fingerprint density at radius 2 is 1.07 bits per heavy atom. The lowest BCUT2D eigenvalue weighted by atomic mass is 9.93. The second-order valence-corrected chi connectivity index (χ2v) is 11.7. The van der Waals surface area contributed by atoms with Crippen LogP contribution in [0.3, 0.4) is 0 Å². The maximum Gasteiger partial charge on any atom is 0.159 e. The number of benzene rings is 6. The van der Waals surface area contributed by atoms with Crippen LogP contribution in [-0.4, -0.2) is 14.5 Å². The van der Waals surface area contributed by atoms with Crippen LogP contribution >= 0.6 is 0 Å². The summed E-state index contributed by atoms with van der Waals surface area (Å²) in [5.74, 6) is 0.751. The van der Waals surface area contributed by atoms with Crippen molar-refractivity contribution in [3.63, 3.8) is 0 Å². The average molecular weight is 593 g/mol. The summed E-state index contributed by atoms with van der Waals surface area (Å²) < 4.78 is 2.38. The number of hydrogen-bond donors (Lipinski definition) is 0. The van der Waals surface area contributed by atoms with Crippen LogP contribution < -0.4 is 4.90 Å². The first-order chi connectivity index (χ1) is 22.7. The summed E-state index contributed by atoms with van der Waals surface area (Å²) in [5, 5.41) is 2.45. The van der Waals surface area contributed by atoms with Crippen LogP contribution in [0.2, 0.25) is 0 Å². The molecule has 0 unspecified atom stereocenters. The third-order valence-corrected chi connectivity index (χ3v) is 8.71. The predicted octanol–water partition coefficient (Wildman–Crippen LogP) is 11.0. The minimum atomic E-state index is 0.751. The molecule has 4 heteroatoms. The molecule has 0 aliphatic carbocycles. The lowest BCUT2D eigenvalue weighted by Crippen LogP contribution is -2.09. The zero-order valence-corrected chi connectivity index (χ0v) is 25.8. The molecule has 0 saturated heterocycles. The van der Waals surface area contributed by atoms with Crippen molar-refractivity contribution in [3.8, 4) is 28.2 Å². The first kappa shape index (κ1) is 27.5. The summed E-state index contributed by atoms with van der Waals surface area (Å²) in [6.07, 6.45) is 3.58. The van der Waals surface area contributed by atoms with Crippen molar-refractivity contribution in [2.45, 2.75) is 13.8 Å². The average Bonchev–Trinajstić information content (AvgIpc) is 3.43. The van der Waals surface area contributed by atoms with Crippen molar-refractivity contribution in [1.29, 1.82) is 0 Å². The highest BCUT2D eigenvalue weighted by atomic mass is 15.1. The molecule has 8 aromatic rings. The molecule has 0 fully saturated rings. The van der Waals surface area contributed by atoms with Crippen molar-refractivity contribution < 1.29 is 0 Å². The number of aryl methyl sites for hydroxylation is 2. The molecule has 0 bridgehead atoms. The monoisotopic (exact) mass is 592 g/mol.